The fourth-order valence-electron chi connectivity index (χ4n) is 3.35. The van der Waals surface area contributed by atoms with Gasteiger partial charge in [0.2, 0.25) is 11.9 Å². The van der Waals surface area contributed by atoms with Crippen LogP contribution in [-0.4, -0.2) is 24.7 Å². The third-order valence-corrected chi connectivity index (χ3v) is 5.20. The molecule has 0 aliphatic heterocycles. The van der Waals surface area contributed by atoms with Crippen LogP contribution in [-0.2, 0) is 6.54 Å². The molecule has 32 heavy (non-hydrogen) atoms. The van der Waals surface area contributed by atoms with Crippen molar-refractivity contribution in [2.75, 3.05) is 10.6 Å². The van der Waals surface area contributed by atoms with Crippen LogP contribution in [0.3, 0.4) is 0 Å². The number of anilines is 4. The number of aromatic nitrogens is 5. The number of benzene rings is 3. The predicted octanol–water partition coefficient (Wildman–Crippen LogP) is 6.06. The zero-order chi connectivity index (χ0) is 21.9. The van der Waals surface area contributed by atoms with Crippen molar-refractivity contribution in [3.63, 3.8) is 0 Å². The van der Waals surface area contributed by atoms with Gasteiger partial charge in [0.05, 0.1) is 18.3 Å². The van der Waals surface area contributed by atoms with E-state index in [4.69, 9.17) is 23.2 Å². The summed E-state index contributed by atoms with van der Waals surface area (Å²) in [6.07, 6.45) is 3.28. The van der Waals surface area contributed by atoms with Crippen LogP contribution >= 0.6 is 23.2 Å². The van der Waals surface area contributed by atoms with Gasteiger partial charge in [-0.05, 0) is 42.0 Å². The highest BCUT2D eigenvalue weighted by Crippen LogP contribution is 2.25. The van der Waals surface area contributed by atoms with Crippen molar-refractivity contribution in [3.05, 3.63) is 94.9 Å². The summed E-state index contributed by atoms with van der Waals surface area (Å²) in [5.74, 6) is 0.782. The monoisotopic (exact) mass is 461 g/mol. The van der Waals surface area contributed by atoms with E-state index in [1.54, 1.807) is 18.2 Å². The van der Waals surface area contributed by atoms with E-state index in [1.807, 2.05) is 47.3 Å². The molecule has 7 nitrogen and oxygen atoms in total. The molecular weight excluding hydrogens is 445 g/mol. The first kappa shape index (κ1) is 20.2. The van der Waals surface area contributed by atoms with Gasteiger partial charge in [-0.1, -0.05) is 53.5 Å². The van der Waals surface area contributed by atoms with Crippen molar-refractivity contribution >= 4 is 57.4 Å². The van der Waals surface area contributed by atoms with Gasteiger partial charge in [-0.15, -0.1) is 0 Å². The molecule has 2 aromatic heterocycles. The van der Waals surface area contributed by atoms with Gasteiger partial charge in [0.1, 0.15) is 6.33 Å². The molecule has 0 amide bonds. The minimum absolute atomic E-state index is 0.373. The van der Waals surface area contributed by atoms with Crippen LogP contribution in [0.5, 0.6) is 0 Å². The second-order valence-corrected chi connectivity index (χ2v) is 7.98. The van der Waals surface area contributed by atoms with Crippen LogP contribution in [0, 0.1) is 0 Å². The van der Waals surface area contributed by atoms with Gasteiger partial charge in [-0.3, -0.25) is 4.68 Å². The molecule has 0 bridgehead atoms. The molecule has 0 atom stereocenters. The molecule has 5 rings (SSSR count). The first-order valence-electron chi connectivity index (χ1n) is 9.81. The van der Waals surface area contributed by atoms with Crippen LogP contribution in [0.1, 0.15) is 5.56 Å². The van der Waals surface area contributed by atoms with Gasteiger partial charge in [0, 0.05) is 26.8 Å². The summed E-state index contributed by atoms with van der Waals surface area (Å²) in [6.45, 7) is 0.715. The Labute approximate surface area is 194 Å². The SMILES string of the molecule is Clc1cc(Cl)cc(Nc2ncnc(Nc3ccc4c(cnn4Cc4ccccc4)c3)n2)c1. The van der Waals surface area contributed by atoms with Crippen LogP contribution < -0.4 is 10.6 Å². The van der Waals surface area contributed by atoms with E-state index >= 15 is 0 Å². The summed E-state index contributed by atoms with van der Waals surface area (Å²) in [5.41, 5.74) is 3.78. The third-order valence-electron chi connectivity index (χ3n) is 4.76. The molecule has 0 radical (unpaired) electrons. The van der Waals surface area contributed by atoms with E-state index in [0.717, 1.165) is 16.6 Å². The topological polar surface area (TPSA) is 80.5 Å². The lowest BCUT2D eigenvalue weighted by molar-refractivity contribution is 0.712. The van der Waals surface area contributed by atoms with Gasteiger partial charge >= 0.3 is 0 Å². The number of nitrogens with one attached hydrogen (secondary N) is 2. The fraction of sp³-hybridized carbons (Fsp3) is 0.0435. The van der Waals surface area contributed by atoms with Crippen LogP contribution in [0.2, 0.25) is 10.0 Å². The van der Waals surface area contributed by atoms with Crippen molar-refractivity contribution in [3.8, 4) is 0 Å². The molecule has 0 unspecified atom stereocenters. The van der Waals surface area contributed by atoms with Crippen molar-refractivity contribution in [1.29, 1.82) is 0 Å². The van der Waals surface area contributed by atoms with Gasteiger partial charge in [-0.2, -0.15) is 10.1 Å². The Kier molecular flexibility index (Phi) is 5.58. The Morgan fingerprint density at radius 3 is 2.25 bits per heavy atom. The van der Waals surface area contributed by atoms with Gasteiger partial charge in [0.25, 0.3) is 0 Å². The van der Waals surface area contributed by atoms with E-state index in [9.17, 15) is 0 Å². The van der Waals surface area contributed by atoms with Crippen LogP contribution in [0.15, 0.2) is 79.3 Å². The molecule has 0 fully saturated rings. The minimum Gasteiger partial charge on any atom is -0.324 e. The molecule has 158 valence electrons. The fourth-order valence-corrected chi connectivity index (χ4v) is 3.87. The van der Waals surface area contributed by atoms with E-state index in [0.29, 0.717) is 34.2 Å². The maximum atomic E-state index is 6.05. The van der Waals surface area contributed by atoms with Gasteiger partial charge in [0.15, 0.2) is 0 Å². The molecule has 2 N–H and O–H groups in total. The molecule has 3 aromatic carbocycles. The highest BCUT2D eigenvalue weighted by molar-refractivity contribution is 6.35. The number of fused-ring (bicyclic) bond motifs is 1. The first-order chi connectivity index (χ1) is 15.6. The number of hydrogen-bond donors (Lipinski definition) is 2. The average Bonchev–Trinajstić information content (AvgIpc) is 3.16. The predicted molar refractivity (Wildman–Crippen MR) is 128 cm³/mol. The molecule has 5 aromatic rings. The molecule has 2 heterocycles. The Balaban J connectivity index is 1.34. The van der Waals surface area contributed by atoms with Crippen LogP contribution in [0.25, 0.3) is 10.9 Å². The summed E-state index contributed by atoms with van der Waals surface area (Å²) in [5, 5.41) is 12.9. The lowest BCUT2D eigenvalue weighted by Crippen LogP contribution is -2.03. The Morgan fingerprint density at radius 1 is 0.781 bits per heavy atom. The smallest absolute Gasteiger partial charge is 0.232 e. The normalized spacial score (nSPS) is 10.9. The summed E-state index contributed by atoms with van der Waals surface area (Å²) in [4.78, 5) is 12.8. The molecule has 0 spiro atoms. The summed E-state index contributed by atoms with van der Waals surface area (Å²) >= 11 is 12.1. The van der Waals surface area contributed by atoms with E-state index in [-0.39, 0.29) is 0 Å². The maximum Gasteiger partial charge on any atom is 0.232 e. The highest BCUT2D eigenvalue weighted by atomic mass is 35.5. The third kappa shape index (κ3) is 4.64. The summed E-state index contributed by atoms with van der Waals surface area (Å²) < 4.78 is 1.98. The Morgan fingerprint density at radius 2 is 1.50 bits per heavy atom. The zero-order valence-electron chi connectivity index (χ0n) is 16.7. The minimum atomic E-state index is 0.373. The quantitative estimate of drug-likeness (QED) is 0.319. The summed E-state index contributed by atoms with van der Waals surface area (Å²) in [7, 11) is 0. The van der Waals surface area contributed by atoms with E-state index < -0.39 is 0 Å². The number of hydrogen-bond acceptors (Lipinski definition) is 6. The Bertz CT molecular complexity index is 1370. The average molecular weight is 462 g/mol. The first-order valence-corrected chi connectivity index (χ1v) is 10.6. The molecule has 0 saturated carbocycles. The zero-order valence-corrected chi connectivity index (χ0v) is 18.2. The van der Waals surface area contributed by atoms with Crippen LogP contribution in [0.4, 0.5) is 23.3 Å². The largest absolute Gasteiger partial charge is 0.324 e. The molecule has 0 aliphatic carbocycles. The van der Waals surface area contributed by atoms with Gasteiger partial charge in [-0.25, -0.2) is 9.97 Å². The number of halogens is 2. The van der Waals surface area contributed by atoms with Crippen molar-refractivity contribution in [1.82, 2.24) is 24.7 Å². The Hall–Kier alpha value is -3.68. The van der Waals surface area contributed by atoms with Crippen molar-refractivity contribution in [2.45, 2.75) is 6.54 Å². The van der Waals surface area contributed by atoms with Crippen molar-refractivity contribution in [2.24, 2.45) is 0 Å². The van der Waals surface area contributed by atoms with Gasteiger partial charge < -0.3 is 10.6 Å². The van der Waals surface area contributed by atoms with E-state index in [2.05, 4.69) is 42.8 Å². The molecule has 0 saturated heterocycles. The molecule has 0 aliphatic rings. The lowest BCUT2D eigenvalue weighted by atomic mass is 10.2. The lowest BCUT2D eigenvalue weighted by Gasteiger charge is -2.09. The second kappa shape index (κ2) is 8.82. The number of nitrogens with zero attached hydrogens (tertiary/aromatic N) is 5. The maximum absolute atomic E-state index is 6.05. The standard InChI is InChI=1S/C23H17Cl2N7/c24-17-9-18(25)11-20(10-17)30-23-27-14-26-22(31-23)29-19-6-7-21-16(8-19)12-28-32(21)13-15-4-2-1-3-5-15/h1-12,14H,13H2,(H2,26,27,29,30,31). The van der Waals surface area contributed by atoms with Crippen molar-refractivity contribution < 1.29 is 0 Å². The molecular formula is C23H17Cl2N7. The molecule has 9 heteroatoms. The number of rotatable bonds is 6. The second-order valence-electron chi connectivity index (χ2n) is 7.10. The van der Waals surface area contributed by atoms with E-state index in [1.165, 1.54) is 11.9 Å². The summed E-state index contributed by atoms with van der Waals surface area (Å²) in [6, 6.07) is 21.4. The highest BCUT2D eigenvalue weighted by Gasteiger charge is 2.07.